The predicted molar refractivity (Wildman–Crippen MR) is 143 cm³/mol. The molecule has 4 rings (SSSR count). The van der Waals surface area contributed by atoms with Crippen LogP contribution in [0.1, 0.15) is 45.1 Å². The summed E-state index contributed by atoms with van der Waals surface area (Å²) < 4.78 is 6.98. The molecular weight excluding hydrogens is 494 g/mol. The number of amides is 2. The molecule has 2 fully saturated rings. The summed E-state index contributed by atoms with van der Waals surface area (Å²) >= 11 is 6.09. The zero-order chi connectivity index (χ0) is 26.5. The van der Waals surface area contributed by atoms with E-state index < -0.39 is 11.9 Å². The summed E-state index contributed by atoms with van der Waals surface area (Å²) in [4.78, 5) is 35.3. The molecule has 37 heavy (non-hydrogen) atoms. The Morgan fingerprint density at radius 3 is 2.57 bits per heavy atom. The first kappa shape index (κ1) is 26.7. The number of carbonyl (C=O) groups is 2. The maximum Gasteiger partial charge on any atom is 0.270 e. The van der Waals surface area contributed by atoms with Crippen molar-refractivity contribution in [3.05, 3.63) is 47.5 Å². The van der Waals surface area contributed by atoms with E-state index in [9.17, 15) is 9.59 Å². The number of aromatic nitrogens is 3. The highest BCUT2D eigenvalue weighted by molar-refractivity contribution is 6.43. The van der Waals surface area contributed by atoms with E-state index in [1.807, 2.05) is 13.8 Å². The first-order valence-corrected chi connectivity index (χ1v) is 13.0. The molecule has 10 nitrogen and oxygen atoms in total. The van der Waals surface area contributed by atoms with Crippen LogP contribution in [0, 0.1) is 17.8 Å². The zero-order valence-corrected chi connectivity index (χ0v) is 22.1. The molecule has 0 radical (unpaired) electrons. The quantitative estimate of drug-likeness (QED) is 0.363. The lowest BCUT2D eigenvalue weighted by atomic mass is 9.88. The summed E-state index contributed by atoms with van der Waals surface area (Å²) in [5.41, 5.74) is 7.04. The van der Waals surface area contributed by atoms with Gasteiger partial charge in [-0.1, -0.05) is 11.6 Å². The minimum absolute atomic E-state index is 0.0861. The number of halogens is 1. The number of anilines is 1. The third-order valence-corrected chi connectivity index (χ3v) is 6.70. The molecule has 0 saturated heterocycles. The van der Waals surface area contributed by atoms with Crippen molar-refractivity contribution in [1.82, 2.24) is 20.1 Å². The van der Waals surface area contributed by atoms with E-state index in [-0.39, 0.29) is 23.6 Å². The molecule has 2 amide bonds. The summed E-state index contributed by atoms with van der Waals surface area (Å²) in [6.45, 7) is 4.12. The number of pyridine rings is 1. The number of nitrogens with zero attached hydrogens (tertiary/aromatic N) is 4. The Hall–Kier alpha value is -3.40. The number of hydrogen-bond acceptors (Lipinski definition) is 7. The first-order chi connectivity index (χ1) is 17.8. The zero-order valence-electron chi connectivity index (χ0n) is 21.4. The van der Waals surface area contributed by atoms with E-state index in [1.165, 1.54) is 18.5 Å². The van der Waals surface area contributed by atoms with E-state index >= 15 is 0 Å². The summed E-state index contributed by atoms with van der Waals surface area (Å²) in [6, 6.07) is 0.989. The highest BCUT2D eigenvalue weighted by atomic mass is 35.5. The molecule has 1 atom stereocenters. The second-order valence-electron chi connectivity index (χ2n) is 9.91. The molecule has 2 aliphatic carbocycles. The van der Waals surface area contributed by atoms with E-state index in [0.29, 0.717) is 35.0 Å². The van der Waals surface area contributed by atoms with Gasteiger partial charge in [0.05, 0.1) is 30.6 Å². The summed E-state index contributed by atoms with van der Waals surface area (Å²) in [5.74, 6) is 0.741. The third-order valence-electron chi connectivity index (χ3n) is 6.49. The molecule has 11 heteroatoms. The maximum atomic E-state index is 13.6. The van der Waals surface area contributed by atoms with Gasteiger partial charge in [-0.15, -0.1) is 0 Å². The summed E-state index contributed by atoms with van der Waals surface area (Å²) in [5, 5.41) is 10.8. The van der Waals surface area contributed by atoms with Crippen molar-refractivity contribution in [2.45, 2.75) is 58.2 Å². The van der Waals surface area contributed by atoms with Gasteiger partial charge >= 0.3 is 0 Å². The number of ether oxygens (including phenoxy) is 1. The van der Waals surface area contributed by atoms with Crippen LogP contribution in [0.2, 0.25) is 5.02 Å². The Morgan fingerprint density at radius 1 is 1.27 bits per heavy atom. The van der Waals surface area contributed by atoms with Gasteiger partial charge in [0.15, 0.2) is 0 Å². The number of nitrogens with two attached hydrogens (primary N) is 1. The monoisotopic (exact) mass is 527 g/mol. The molecule has 0 aromatic carbocycles. The van der Waals surface area contributed by atoms with Crippen molar-refractivity contribution in [3.63, 3.8) is 0 Å². The van der Waals surface area contributed by atoms with E-state index in [2.05, 4.69) is 25.7 Å². The molecular formula is C26H34ClN7O3. The van der Waals surface area contributed by atoms with Crippen LogP contribution in [0.15, 0.2) is 41.9 Å². The fourth-order valence-corrected chi connectivity index (χ4v) is 4.85. The number of carbonyl (C=O) groups excluding carboxylic acids is 2. The Kier molecular flexibility index (Phi) is 8.48. The third kappa shape index (κ3) is 7.09. The average Bonchev–Trinajstić information content (AvgIpc) is 3.79. The maximum absolute atomic E-state index is 13.6. The number of methoxy groups -OCH3 is 1. The molecule has 0 aliphatic heterocycles. The fourth-order valence-electron chi connectivity index (χ4n) is 4.66. The van der Waals surface area contributed by atoms with Gasteiger partial charge in [0.1, 0.15) is 11.8 Å². The van der Waals surface area contributed by atoms with Crippen LogP contribution in [0.25, 0.3) is 0 Å². The standard InChI is InChI=1S/C26H34ClN7O3/c1-15(2)31-21(8-9-28)24(35)33-23(22(16-4-5-16)17-6-7-17)25(36)32-20-12-30-34(14-20)13-18-10-19(27)11-29-26(18)37-3/h8-12,14-17,22-23H,4-7,13,28H2,1-3H3,(H,32,36)(H,33,35)/t23-/m0/s1. The lowest BCUT2D eigenvalue weighted by molar-refractivity contribution is -0.124. The molecule has 2 aromatic rings. The predicted octanol–water partition coefficient (Wildman–Crippen LogP) is 3.17. The Morgan fingerprint density at radius 2 is 1.97 bits per heavy atom. The number of rotatable bonds is 12. The molecule has 2 saturated carbocycles. The second-order valence-corrected chi connectivity index (χ2v) is 10.3. The van der Waals surface area contributed by atoms with Crippen molar-refractivity contribution in [3.8, 4) is 5.88 Å². The van der Waals surface area contributed by atoms with Crippen molar-refractivity contribution < 1.29 is 14.3 Å². The number of nitrogens with one attached hydrogen (secondary N) is 2. The Balaban J connectivity index is 1.51. The van der Waals surface area contributed by atoms with Crippen LogP contribution in [0.3, 0.4) is 0 Å². The smallest absolute Gasteiger partial charge is 0.270 e. The first-order valence-electron chi connectivity index (χ1n) is 12.6. The van der Waals surface area contributed by atoms with Gasteiger partial charge in [-0.2, -0.15) is 5.10 Å². The van der Waals surface area contributed by atoms with Crippen LogP contribution >= 0.6 is 11.6 Å². The number of hydrogen-bond donors (Lipinski definition) is 3. The Labute approximate surface area is 221 Å². The lowest BCUT2D eigenvalue weighted by Crippen LogP contribution is -2.51. The van der Waals surface area contributed by atoms with Crippen molar-refractivity contribution >= 4 is 34.8 Å². The van der Waals surface area contributed by atoms with Gasteiger partial charge in [-0.3, -0.25) is 19.3 Å². The molecule has 0 bridgehead atoms. The number of aliphatic imine (C=N–C) groups is 1. The van der Waals surface area contributed by atoms with Gasteiger partial charge in [-0.25, -0.2) is 4.98 Å². The molecule has 4 N–H and O–H groups in total. The van der Waals surface area contributed by atoms with Crippen molar-refractivity contribution in [2.24, 2.45) is 28.5 Å². The normalized spacial score (nSPS) is 16.9. The van der Waals surface area contributed by atoms with Crippen LogP contribution in [0.4, 0.5) is 5.69 Å². The highest BCUT2D eigenvalue weighted by Gasteiger charge is 2.48. The van der Waals surface area contributed by atoms with Crippen LogP contribution in [-0.4, -0.2) is 51.5 Å². The molecule has 2 aromatic heterocycles. The van der Waals surface area contributed by atoms with Gasteiger partial charge in [0, 0.05) is 24.0 Å². The van der Waals surface area contributed by atoms with Gasteiger partial charge in [-0.05, 0) is 75.6 Å². The van der Waals surface area contributed by atoms with Gasteiger partial charge in [0.25, 0.3) is 5.91 Å². The van der Waals surface area contributed by atoms with Gasteiger partial charge in [0.2, 0.25) is 11.8 Å². The Bertz CT molecular complexity index is 1170. The summed E-state index contributed by atoms with van der Waals surface area (Å²) in [7, 11) is 1.54. The molecule has 2 aliphatic rings. The van der Waals surface area contributed by atoms with Crippen molar-refractivity contribution in [1.29, 1.82) is 0 Å². The largest absolute Gasteiger partial charge is 0.481 e. The molecule has 0 unspecified atom stereocenters. The average molecular weight is 528 g/mol. The fraction of sp³-hybridized carbons (Fsp3) is 0.500. The van der Waals surface area contributed by atoms with Crippen LogP contribution in [0.5, 0.6) is 5.88 Å². The van der Waals surface area contributed by atoms with E-state index in [0.717, 1.165) is 31.2 Å². The topological polar surface area (TPSA) is 137 Å². The highest BCUT2D eigenvalue weighted by Crippen LogP contribution is 2.50. The molecule has 0 spiro atoms. The van der Waals surface area contributed by atoms with Crippen LogP contribution in [-0.2, 0) is 16.1 Å². The molecule has 198 valence electrons. The minimum Gasteiger partial charge on any atom is -0.481 e. The second kappa shape index (κ2) is 11.8. The minimum atomic E-state index is -0.684. The van der Waals surface area contributed by atoms with Gasteiger partial charge < -0.3 is 21.1 Å². The van der Waals surface area contributed by atoms with E-state index in [1.54, 1.807) is 30.3 Å². The molecule has 2 heterocycles. The summed E-state index contributed by atoms with van der Waals surface area (Å²) in [6.07, 6.45) is 11.9. The lowest BCUT2D eigenvalue weighted by Gasteiger charge is -2.27. The van der Waals surface area contributed by atoms with E-state index in [4.69, 9.17) is 22.1 Å². The SMILES string of the molecule is COc1ncc(Cl)cc1Cn1cc(NC(=O)[C@@H](NC(=O)C(C=CN)=NC(C)C)C(C2CC2)C2CC2)cn1. The van der Waals surface area contributed by atoms with Crippen LogP contribution < -0.4 is 21.1 Å². The van der Waals surface area contributed by atoms with Crippen molar-refractivity contribution in [2.75, 3.05) is 12.4 Å².